The number of nitrogens with two attached hydrogens (primary N) is 1. The molecule has 0 bridgehead atoms. The van der Waals surface area contributed by atoms with Crippen LogP contribution >= 0.6 is 7.82 Å². The number of hydrogen-bond acceptors (Lipinski definition) is 10. The lowest BCUT2D eigenvalue weighted by Crippen LogP contribution is -2.34. The van der Waals surface area contributed by atoms with Gasteiger partial charge in [0, 0.05) is 12.8 Å². The number of rotatable bonds is 44. The zero-order valence-corrected chi connectivity index (χ0v) is 40.0. The van der Waals surface area contributed by atoms with E-state index in [1.54, 1.807) is 0 Å². The first kappa shape index (κ1) is 58.2. The van der Waals surface area contributed by atoms with Crippen LogP contribution in [-0.4, -0.2) is 72.1 Å². The maximum Gasteiger partial charge on any atom is 0.472 e. The van der Waals surface area contributed by atoms with Gasteiger partial charge >= 0.3 is 25.7 Å². The monoisotopic (exact) mass is 908 g/mol. The Kier molecular flexibility index (Phi) is 37.5. The van der Waals surface area contributed by atoms with E-state index in [2.05, 4.69) is 67.0 Å². The van der Waals surface area contributed by atoms with Crippen molar-refractivity contribution in [3.63, 3.8) is 0 Å². The summed E-state index contributed by atoms with van der Waals surface area (Å²) in [6.07, 6.45) is 50.5. The molecule has 362 valence electrons. The molecule has 1 aliphatic heterocycles. The zero-order valence-electron chi connectivity index (χ0n) is 39.1. The van der Waals surface area contributed by atoms with Gasteiger partial charge in [0.05, 0.1) is 25.4 Å². The minimum absolute atomic E-state index is 0.0927. The topological polar surface area (TPSA) is 184 Å². The number of unbranched alkanes of at least 4 members (excludes halogenated alkanes) is 18. The Morgan fingerprint density at radius 2 is 1.03 bits per heavy atom. The average Bonchev–Trinajstić information content (AvgIpc) is 4.02. The van der Waals surface area contributed by atoms with Gasteiger partial charge in [-0.25, -0.2) is 4.57 Å². The van der Waals surface area contributed by atoms with Gasteiger partial charge in [-0.1, -0.05) is 190 Å². The Bertz CT molecular complexity index is 1360. The Hall–Kier alpha value is -2.86. The van der Waals surface area contributed by atoms with E-state index in [9.17, 15) is 23.8 Å². The highest BCUT2D eigenvalue weighted by Crippen LogP contribution is 2.43. The minimum Gasteiger partial charge on any atom is -0.480 e. The van der Waals surface area contributed by atoms with E-state index in [1.165, 1.54) is 96.3 Å². The van der Waals surface area contributed by atoms with E-state index in [-0.39, 0.29) is 19.4 Å². The molecule has 0 saturated carbocycles. The van der Waals surface area contributed by atoms with Gasteiger partial charge in [-0.05, 0) is 51.4 Å². The van der Waals surface area contributed by atoms with E-state index in [0.717, 1.165) is 57.8 Å². The quantitative estimate of drug-likeness (QED) is 0.0173. The largest absolute Gasteiger partial charge is 0.480 e. The number of carboxylic acids is 1. The number of phosphoric ester groups is 1. The van der Waals surface area contributed by atoms with Gasteiger partial charge in [-0.2, -0.15) is 0 Å². The Morgan fingerprint density at radius 1 is 0.587 bits per heavy atom. The molecule has 0 spiro atoms. The summed E-state index contributed by atoms with van der Waals surface area (Å²) in [6, 6.07) is -1.53. The highest BCUT2D eigenvalue weighted by Gasteiger charge is 2.36. The molecule has 3 unspecified atom stereocenters. The van der Waals surface area contributed by atoms with E-state index in [0.29, 0.717) is 25.0 Å². The summed E-state index contributed by atoms with van der Waals surface area (Å²) < 4.78 is 38.4. The number of carboxylic acid groups (broad SMARTS) is 1. The number of allylic oxidation sites excluding steroid dienone is 8. The predicted octanol–water partition coefficient (Wildman–Crippen LogP) is 12.5. The van der Waals surface area contributed by atoms with Crippen LogP contribution in [0.1, 0.15) is 194 Å². The zero-order chi connectivity index (χ0) is 46.1. The number of epoxide rings is 1. The number of phosphoric acid groups is 1. The summed E-state index contributed by atoms with van der Waals surface area (Å²) in [5.74, 6) is -2.49. The first-order chi connectivity index (χ1) is 30.6. The van der Waals surface area contributed by atoms with E-state index in [4.69, 9.17) is 29.6 Å². The standard InChI is InChI=1S/C50H86NO11P/c1-3-5-7-8-9-10-11-12-13-14-15-16-17-18-23-26-29-32-36-40-49(53)61-44(42-59-63(56,57)60-43-45(51)50(54)55)41-58-48(52)39-35-31-28-25-22-20-19-21-24-27-30-34-38-47-46(62-47)37-33-6-4-2/h6,20-22,24,28,30-31,33-34,44-47H,3-5,7-19,23,25-27,29,32,35-43,51H2,1-2H3,(H,54,55)(H,56,57)/b22-20-,24-21-,31-28-,33-6-,34-30-/t44-,45+,46?,47?/m1/s1. The molecule has 0 aromatic carbocycles. The van der Waals surface area contributed by atoms with Crippen molar-refractivity contribution in [3.05, 3.63) is 60.8 Å². The second kappa shape index (κ2) is 40.6. The molecule has 4 N–H and O–H groups in total. The lowest BCUT2D eigenvalue weighted by atomic mass is 10.0. The van der Waals surface area contributed by atoms with Crippen LogP contribution < -0.4 is 5.73 Å². The van der Waals surface area contributed by atoms with Crippen LogP contribution in [-0.2, 0) is 42.2 Å². The minimum atomic E-state index is -4.74. The van der Waals surface area contributed by atoms with Gasteiger partial charge in [0.2, 0.25) is 0 Å². The first-order valence-corrected chi connectivity index (χ1v) is 25.9. The van der Waals surface area contributed by atoms with Crippen LogP contribution in [0.15, 0.2) is 60.8 Å². The number of aliphatic carboxylic acids is 1. The van der Waals surface area contributed by atoms with Crippen LogP contribution in [0.4, 0.5) is 0 Å². The van der Waals surface area contributed by atoms with E-state index in [1.807, 2.05) is 12.2 Å². The van der Waals surface area contributed by atoms with Crippen molar-refractivity contribution in [2.24, 2.45) is 5.73 Å². The smallest absolute Gasteiger partial charge is 0.472 e. The van der Waals surface area contributed by atoms with Crippen LogP contribution in [0.2, 0.25) is 0 Å². The van der Waals surface area contributed by atoms with Crippen LogP contribution in [0.5, 0.6) is 0 Å². The molecular weight excluding hydrogens is 822 g/mol. The van der Waals surface area contributed by atoms with Gasteiger partial charge in [-0.3, -0.25) is 23.4 Å². The molecule has 1 fully saturated rings. The summed E-state index contributed by atoms with van der Waals surface area (Å²) >= 11 is 0. The molecule has 1 saturated heterocycles. The van der Waals surface area contributed by atoms with E-state index >= 15 is 0 Å². The molecule has 1 aliphatic rings. The molecule has 13 heteroatoms. The van der Waals surface area contributed by atoms with Crippen molar-refractivity contribution in [1.29, 1.82) is 0 Å². The Balaban J connectivity index is 2.27. The summed E-state index contributed by atoms with van der Waals surface area (Å²) in [7, 11) is -4.74. The van der Waals surface area contributed by atoms with Crippen LogP contribution in [0, 0.1) is 0 Å². The van der Waals surface area contributed by atoms with Crippen molar-refractivity contribution < 1.29 is 52.2 Å². The normalized spacial score (nSPS) is 17.3. The van der Waals surface area contributed by atoms with Crippen LogP contribution in [0.3, 0.4) is 0 Å². The molecule has 1 heterocycles. The molecule has 63 heavy (non-hydrogen) atoms. The fourth-order valence-electron chi connectivity index (χ4n) is 6.78. The summed E-state index contributed by atoms with van der Waals surface area (Å²) in [5, 5.41) is 8.91. The first-order valence-electron chi connectivity index (χ1n) is 24.4. The maximum absolute atomic E-state index is 12.7. The third-order valence-electron chi connectivity index (χ3n) is 10.7. The van der Waals surface area contributed by atoms with Crippen molar-refractivity contribution in [1.82, 2.24) is 0 Å². The maximum atomic E-state index is 12.7. The van der Waals surface area contributed by atoms with Crippen molar-refractivity contribution in [2.45, 2.75) is 218 Å². The molecule has 12 nitrogen and oxygen atoms in total. The second-order valence-electron chi connectivity index (χ2n) is 16.6. The number of carbonyl (C=O) groups is 3. The molecule has 0 aromatic heterocycles. The number of hydrogen-bond donors (Lipinski definition) is 3. The van der Waals surface area contributed by atoms with Gasteiger partial charge in [-0.15, -0.1) is 0 Å². The summed E-state index contributed by atoms with van der Waals surface area (Å²) in [4.78, 5) is 46.1. The lowest BCUT2D eigenvalue weighted by molar-refractivity contribution is -0.161. The van der Waals surface area contributed by atoms with E-state index < -0.39 is 51.1 Å². The summed E-state index contributed by atoms with van der Waals surface area (Å²) in [5.41, 5.74) is 5.34. The molecule has 0 aliphatic carbocycles. The third-order valence-corrected chi connectivity index (χ3v) is 11.6. The fourth-order valence-corrected chi connectivity index (χ4v) is 7.56. The van der Waals surface area contributed by atoms with Gasteiger partial charge in [0.25, 0.3) is 0 Å². The third kappa shape index (κ3) is 38.2. The predicted molar refractivity (Wildman–Crippen MR) is 253 cm³/mol. The van der Waals surface area contributed by atoms with Gasteiger partial charge in [0.1, 0.15) is 12.6 Å². The average molecular weight is 908 g/mol. The number of esters is 2. The number of carbonyl (C=O) groups excluding carboxylic acids is 2. The molecule has 5 atom stereocenters. The highest BCUT2D eigenvalue weighted by molar-refractivity contribution is 7.47. The molecule has 0 amide bonds. The van der Waals surface area contributed by atoms with Gasteiger partial charge in [0.15, 0.2) is 6.10 Å². The molecule has 0 radical (unpaired) electrons. The van der Waals surface area contributed by atoms with Gasteiger partial charge < -0.3 is 29.9 Å². The van der Waals surface area contributed by atoms with Crippen molar-refractivity contribution in [3.8, 4) is 0 Å². The van der Waals surface area contributed by atoms with Crippen LogP contribution in [0.25, 0.3) is 0 Å². The highest BCUT2D eigenvalue weighted by atomic mass is 31.2. The Labute approximate surface area is 381 Å². The molecule has 0 aromatic rings. The van der Waals surface area contributed by atoms with Crippen molar-refractivity contribution in [2.75, 3.05) is 19.8 Å². The summed E-state index contributed by atoms with van der Waals surface area (Å²) in [6.45, 7) is 2.63. The Morgan fingerprint density at radius 3 is 1.52 bits per heavy atom. The SMILES string of the molecule is CC/C=C\CC1OC1C/C=C\C/C=C\C/C=C\C/C=C\CCC(=O)OC[C@H](COP(=O)(O)OC[C@H](N)C(=O)O)OC(=O)CCCCCCCCCCCCCCCCCCCCC. The fraction of sp³-hybridized carbons (Fsp3) is 0.740. The number of ether oxygens (including phenoxy) is 3. The molecule has 1 rings (SSSR count). The lowest BCUT2D eigenvalue weighted by Gasteiger charge is -2.20. The second-order valence-corrected chi connectivity index (χ2v) is 18.1. The molecular formula is C50H86NO11P. The van der Waals surface area contributed by atoms with Crippen molar-refractivity contribution >= 4 is 25.7 Å².